The average molecular weight is 526 g/mol. The van der Waals surface area contributed by atoms with Crippen molar-refractivity contribution < 1.29 is 47.4 Å². The van der Waals surface area contributed by atoms with Crippen LogP contribution >= 0.6 is 0 Å². The molecular formula is C23H47N3O10. The van der Waals surface area contributed by atoms with Crippen LogP contribution in [-0.4, -0.2) is 139 Å². The van der Waals surface area contributed by atoms with E-state index in [4.69, 9.17) is 52.9 Å². The first-order chi connectivity index (χ1) is 17.9. The molecule has 0 atom stereocenters. The van der Waals surface area contributed by atoms with Gasteiger partial charge in [0.05, 0.1) is 126 Å². The largest absolute Gasteiger partial charge is 0.379 e. The highest BCUT2D eigenvalue weighted by atomic mass is 16.6. The van der Waals surface area contributed by atoms with E-state index in [0.717, 1.165) is 13.0 Å². The zero-order chi connectivity index (χ0) is 26.0. The van der Waals surface area contributed by atoms with Crippen LogP contribution in [0.2, 0.25) is 0 Å². The fourth-order valence-electron chi connectivity index (χ4n) is 2.38. The molecule has 0 aliphatic rings. The van der Waals surface area contributed by atoms with Gasteiger partial charge in [-0.25, -0.2) is 0 Å². The van der Waals surface area contributed by atoms with E-state index >= 15 is 0 Å². The predicted octanol–water partition coefficient (Wildman–Crippen LogP) is 1.87. The number of hydrogen-bond donors (Lipinski definition) is 0. The van der Waals surface area contributed by atoms with Crippen LogP contribution in [0.1, 0.15) is 13.3 Å². The summed E-state index contributed by atoms with van der Waals surface area (Å²) < 4.78 is 53.8. The lowest BCUT2D eigenvalue weighted by Crippen LogP contribution is -2.15. The molecular weight excluding hydrogens is 478 g/mol. The smallest absolute Gasteiger partial charge is 0.0701 e. The first-order valence-corrected chi connectivity index (χ1v) is 12.7. The molecule has 13 nitrogen and oxygen atoms in total. The van der Waals surface area contributed by atoms with Crippen molar-refractivity contribution in [2.75, 3.05) is 139 Å². The molecule has 0 radical (unpaired) electrons. The molecule has 0 rings (SSSR count). The topological polar surface area (TPSA) is 141 Å². The van der Waals surface area contributed by atoms with Crippen LogP contribution in [0, 0.1) is 0 Å². The Kier molecular flexibility index (Phi) is 32.9. The third-order valence-corrected chi connectivity index (χ3v) is 4.10. The van der Waals surface area contributed by atoms with Crippen molar-refractivity contribution in [1.82, 2.24) is 0 Å². The molecule has 0 amide bonds. The molecule has 0 bridgehead atoms. The molecule has 0 saturated heterocycles. The Bertz CT molecular complexity index is 460. The molecule has 0 aliphatic heterocycles. The molecule has 0 aliphatic carbocycles. The highest BCUT2D eigenvalue weighted by Gasteiger charge is 1.95. The molecule has 214 valence electrons. The molecule has 0 aromatic heterocycles. The summed E-state index contributed by atoms with van der Waals surface area (Å²) in [5.41, 5.74) is 8.11. The lowest BCUT2D eigenvalue weighted by Gasteiger charge is -2.09. The Morgan fingerprint density at radius 2 is 0.611 bits per heavy atom. The standard InChI is InChI=1S/C23H47N3O10/c1-2-4-27-6-8-29-10-12-31-14-16-33-18-20-35-22-23-36-21-19-34-17-15-32-13-11-30-9-7-28-5-3-25-26-24/h2-23H2,1H3. The van der Waals surface area contributed by atoms with Gasteiger partial charge in [0.25, 0.3) is 0 Å². The van der Waals surface area contributed by atoms with Gasteiger partial charge in [0.2, 0.25) is 0 Å². The quantitative estimate of drug-likeness (QED) is 0.0553. The van der Waals surface area contributed by atoms with Gasteiger partial charge in [-0.3, -0.25) is 0 Å². The van der Waals surface area contributed by atoms with Crippen molar-refractivity contribution in [3.63, 3.8) is 0 Å². The normalized spacial score (nSPS) is 11.1. The molecule has 0 unspecified atom stereocenters. The molecule has 0 aromatic carbocycles. The molecule has 0 N–H and O–H groups in total. The first kappa shape index (κ1) is 34.9. The predicted molar refractivity (Wildman–Crippen MR) is 132 cm³/mol. The SMILES string of the molecule is CCCOCCOCCOCCOCCOCCOCCOCCOCCOCCOCCN=[N+]=[N-]. The maximum absolute atomic E-state index is 8.11. The minimum Gasteiger partial charge on any atom is -0.379 e. The van der Waals surface area contributed by atoms with Crippen LogP contribution in [0.25, 0.3) is 10.4 Å². The average Bonchev–Trinajstić information content (AvgIpc) is 2.89. The lowest BCUT2D eigenvalue weighted by molar-refractivity contribution is -0.0263. The number of ether oxygens (including phenoxy) is 10. The number of azide groups is 1. The van der Waals surface area contributed by atoms with E-state index in [-0.39, 0.29) is 0 Å². The zero-order valence-electron chi connectivity index (χ0n) is 22.0. The molecule has 36 heavy (non-hydrogen) atoms. The first-order valence-electron chi connectivity index (χ1n) is 12.7. The van der Waals surface area contributed by atoms with Crippen LogP contribution < -0.4 is 0 Å². The van der Waals surface area contributed by atoms with Gasteiger partial charge in [0.1, 0.15) is 0 Å². The minimum atomic E-state index is 0.332. The highest BCUT2D eigenvalue weighted by Crippen LogP contribution is 1.87. The van der Waals surface area contributed by atoms with E-state index in [1.54, 1.807) is 0 Å². The fraction of sp³-hybridized carbons (Fsp3) is 1.00. The van der Waals surface area contributed by atoms with E-state index in [1.807, 2.05) is 0 Å². The molecule has 0 spiro atoms. The maximum Gasteiger partial charge on any atom is 0.0701 e. The van der Waals surface area contributed by atoms with Crippen LogP contribution in [0.15, 0.2) is 5.11 Å². The van der Waals surface area contributed by atoms with Crippen molar-refractivity contribution in [3.8, 4) is 0 Å². The lowest BCUT2D eigenvalue weighted by atomic mass is 10.5. The third kappa shape index (κ3) is 32.9. The molecule has 0 saturated carbocycles. The zero-order valence-corrected chi connectivity index (χ0v) is 22.0. The van der Waals surface area contributed by atoms with Crippen LogP contribution in [-0.2, 0) is 47.4 Å². The minimum absolute atomic E-state index is 0.332. The second-order valence-electron chi connectivity index (χ2n) is 7.08. The van der Waals surface area contributed by atoms with E-state index in [2.05, 4.69) is 16.9 Å². The van der Waals surface area contributed by atoms with Crippen molar-refractivity contribution in [2.45, 2.75) is 13.3 Å². The van der Waals surface area contributed by atoms with Crippen molar-refractivity contribution in [1.29, 1.82) is 0 Å². The number of hydrogen-bond acceptors (Lipinski definition) is 11. The second-order valence-corrected chi connectivity index (χ2v) is 7.08. The van der Waals surface area contributed by atoms with E-state index in [1.165, 1.54) is 0 Å². The van der Waals surface area contributed by atoms with Crippen molar-refractivity contribution >= 4 is 0 Å². The number of rotatable bonds is 32. The summed E-state index contributed by atoms with van der Waals surface area (Å²) in [6, 6.07) is 0. The highest BCUT2D eigenvalue weighted by molar-refractivity contribution is 4.44. The Balaban J connectivity index is 3.02. The monoisotopic (exact) mass is 525 g/mol. The van der Waals surface area contributed by atoms with Gasteiger partial charge in [-0.15, -0.1) is 0 Å². The Labute approximate surface area is 215 Å². The van der Waals surface area contributed by atoms with Gasteiger partial charge >= 0.3 is 0 Å². The van der Waals surface area contributed by atoms with Crippen LogP contribution in [0.4, 0.5) is 0 Å². The van der Waals surface area contributed by atoms with Gasteiger partial charge in [0.15, 0.2) is 0 Å². The summed E-state index contributed by atoms with van der Waals surface area (Å²) in [4.78, 5) is 2.64. The van der Waals surface area contributed by atoms with Crippen LogP contribution in [0.3, 0.4) is 0 Å². The Hall–Kier alpha value is -1.09. The van der Waals surface area contributed by atoms with Crippen molar-refractivity contribution in [2.24, 2.45) is 5.11 Å². The fourth-order valence-corrected chi connectivity index (χ4v) is 2.38. The Morgan fingerprint density at radius 1 is 0.389 bits per heavy atom. The van der Waals surface area contributed by atoms with Crippen LogP contribution in [0.5, 0.6) is 0 Å². The summed E-state index contributed by atoms with van der Waals surface area (Å²) in [6.45, 7) is 13.0. The van der Waals surface area contributed by atoms with Gasteiger partial charge in [-0.2, -0.15) is 0 Å². The summed E-state index contributed by atoms with van der Waals surface area (Å²) >= 11 is 0. The molecule has 0 fully saturated rings. The van der Waals surface area contributed by atoms with Gasteiger partial charge < -0.3 is 47.4 Å². The maximum atomic E-state index is 8.11. The second kappa shape index (κ2) is 33.9. The molecule has 13 heteroatoms. The van der Waals surface area contributed by atoms with E-state index < -0.39 is 0 Å². The number of nitrogens with zero attached hydrogens (tertiary/aromatic N) is 3. The third-order valence-electron chi connectivity index (χ3n) is 4.10. The van der Waals surface area contributed by atoms with E-state index in [9.17, 15) is 0 Å². The molecule has 0 heterocycles. The van der Waals surface area contributed by atoms with Gasteiger partial charge in [0, 0.05) is 18.1 Å². The van der Waals surface area contributed by atoms with E-state index in [0.29, 0.717) is 132 Å². The summed E-state index contributed by atoms with van der Waals surface area (Å²) in [7, 11) is 0. The molecule has 0 aromatic rings. The summed E-state index contributed by atoms with van der Waals surface area (Å²) in [5, 5.41) is 3.37. The van der Waals surface area contributed by atoms with Gasteiger partial charge in [-0.05, 0) is 12.0 Å². The van der Waals surface area contributed by atoms with Gasteiger partial charge in [-0.1, -0.05) is 12.0 Å². The summed E-state index contributed by atoms with van der Waals surface area (Å²) in [5.74, 6) is 0. The Morgan fingerprint density at radius 3 is 0.833 bits per heavy atom. The van der Waals surface area contributed by atoms with Crippen molar-refractivity contribution in [3.05, 3.63) is 10.4 Å². The summed E-state index contributed by atoms with van der Waals surface area (Å²) in [6.07, 6.45) is 1.02.